The van der Waals surface area contributed by atoms with E-state index in [-0.39, 0.29) is 17.2 Å². The summed E-state index contributed by atoms with van der Waals surface area (Å²) in [4.78, 5) is 23.2. The van der Waals surface area contributed by atoms with E-state index < -0.39 is 17.6 Å². The number of anilines is 2. The number of alkyl halides is 3. The van der Waals surface area contributed by atoms with Crippen LogP contribution >= 0.6 is 0 Å². The Hall–Kier alpha value is -3.60. The average molecular weight is 373 g/mol. The van der Waals surface area contributed by atoms with Crippen molar-refractivity contribution in [1.29, 1.82) is 5.26 Å². The van der Waals surface area contributed by atoms with Gasteiger partial charge in [-0.15, -0.1) is 0 Å². The Bertz CT molecular complexity index is 926. The summed E-state index contributed by atoms with van der Waals surface area (Å²) in [6.45, 7) is 1.36. The zero-order valence-electron chi connectivity index (χ0n) is 14.1. The largest absolute Gasteiger partial charge is 0.416 e. The molecule has 0 heterocycles. The predicted molar refractivity (Wildman–Crippen MR) is 94.4 cm³/mol. The van der Waals surface area contributed by atoms with Crippen molar-refractivity contribution in [3.05, 3.63) is 65.2 Å². The summed E-state index contributed by atoms with van der Waals surface area (Å²) in [6.07, 6.45) is -3.25. The number of rotatable bonds is 4. The number of carbonyl (C=O) groups excluding carboxylic acids is 2. The Morgan fingerprint density at radius 1 is 1.04 bits per heavy atom. The second kappa shape index (κ2) is 8.19. The molecule has 8 heteroatoms. The van der Waals surface area contributed by atoms with Crippen molar-refractivity contribution in [2.45, 2.75) is 13.1 Å². The third-order valence-electron chi connectivity index (χ3n) is 3.35. The van der Waals surface area contributed by atoms with Crippen LogP contribution in [0.5, 0.6) is 0 Å². The molecule has 2 N–H and O–H groups in total. The van der Waals surface area contributed by atoms with Gasteiger partial charge in [-0.1, -0.05) is 18.2 Å². The van der Waals surface area contributed by atoms with Gasteiger partial charge in [0.15, 0.2) is 0 Å². The van der Waals surface area contributed by atoms with Crippen molar-refractivity contribution in [3.8, 4) is 6.07 Å². The van der Waals surface area contributed by atoms with Gasteiger partial charge in [-0.2, -0.15) is 18.4 Å². The Kier molecular flexibility index (Phi) is 5.98. The first-order chi connectivity index (χ1) is 12.7. The zero-order valence-corrected chi connectivity index (χ0v) is 14.1. The standard InChI is InChI=1S/C19H14F3N3O2/c1-12(26)24-16-7-5-13(6-8-16)9-14(11-23)18(27)25-17-4-2-3-15(10-17)19(20,21)22/h2-10H,1H3,(H,24,26)(H,25,27)/b14-9+. The first-order valence-electron chi connectivity index (χ1n) is 7.67. The lowest BCUT2D eigenvalue weighted by Gasteiger charge is -2.09. The second-order valence-corrected chi connectivity index (χ2v) is 5.51. The molecule has 0 unspecified atom stereocenters. The van der Waals surface area contributed by atoms with Crippen LogP contribution in [0.25, 0.3) is 6.08 Å². The van der Waals surface area contributed by atoms with Gasteiger partial charge in [0, 0.05) is 18.3 Å². The van der Waals surface area contributed by atoms with Crippen LogP contribution < -0.4 is 10.6 Å². The van der Waals surface area contributed by atoms with Gasteiger partial charge in [0.1, 0.15) is 11.6 Å². The number of nitriles is 1. The fourth-order valence-electron chi connectivity index (χ4n) is 2.15. The summed E-state index contributed by atoms with van der Waals surface area (Å²) < 4.78 is 38.2. The number of hydrogen-bond acceptors (Lipinski definition) is 3. The molecule has 2 amide bonds. The van der Waals surface area contributed by atoms with Crippen molar-refractivity contribution in [1.82, 2.24) is 0 Å². The van der Waals surface area contributed by atoms with E-state index in [1.807, 2.05) is 0 Å². The number of halogens is 3. The fourth-order valence-corrected chi connectivity index (χ4v) is 2.15. The van der Waals surface area contributed by atoms with Gasteiger partial charge in [0.05, 0.1) is 5.56 Å². The van der Waals surface area contributed by atoms with Crippen LogP contribution in [0, 0.1) is 11.3 Å². The number of nitrogens with one attached hydrogen (secondary N) is 2. The maximum Gasteiger partial charge on any atom is 0.416 e. The molecular weight excluding hydrogens is 359 g/mol. The highest BCUT2D eigenvalue weighted by Crippen LogP contribution is 2.30. The van der Waals surface area contributed by atoms with Crippen molar-refractivity contribution < 1.29 is 22.8 Å². The number of hydrogen-bond donors (Lipinski definition) is 2. The van der Waals surface area contributed by atoms with Crippen molar-refractivity contribution >= 4 is 29.3 Å². The molecule has 5 nitrogen and oxygen atoms in total. The summed E-state index contributed by atoms with van der Waals surface area (Å²) in [5.74, 6) is -1.07. The monoisotopic (exact) mass is 373 g/mol. The maximum atomic E-state index is 12.7. The molecule has 2 aromatic rings. The highest BCUT2D eigenvalue weighted by Gasteiger charge is 2.30. The van der Waals surface area contributed by atoms with Gasteiger partial charge in [0.25, 0.3) is 5.91 Å². The molecule has 2 aromatic carbocycles. The molecule has 0 aliphatic rings. The van der Waals surface area contributed by atoms with Gasteiger partial charge in [-0.3, -0.25) is 9.59 Å². The van der Waals surface area contributed by atoms with E-state index in [4.69, 9.17) is 0 Å². The Labute approximate surface area is 153 Å². The summed E-state index contributed by atoms with van der Waals surface area (Å²) in [7, 11) is 0. The van der Waals surface area contributed by atoms with E-state index in [2.05, 4.69) is 10.6 Å². The number of benzene rings is 2. The molecule has 0 radical (unpaired) electrons. The molecule has 138 valence electrons. The molecule has 0 fully saturated rings. The normalized spacial score (nSPS) is 11.4. The molecule has 0 spiro atoms. The minimum absolute atomic E-state index is 0.0722. The van der Waals surface area contributed by atoms with Gasteiger partial charge < -0.3 is 10.6 Å². The molecule has 0 aromatic heterocycles. The molecule has 27 heavy (non-hydrogen) atoms. The lowest BCUT2D eigenvalue weighted by atomic mass is 10.1. The molecule has 2 rings (SSSR count). The van der Waals surface area contributed by atoms with Gasteiger partial charge >= 0.3 is 6.18 Å². The highest BCUT2D eigenvalue weighted by atomic mass is 19.4. The predicted octanol–water partition coefficient (Wildman–Crippen LogP) is 4.21. The maximum absolute atomic E-state index is 12.7. The van der Waals surface area contributed by atoms with E-state index in [1.165, 1.54) is 19.1 Å². The third-order valence-corrected chi connectivity index (χ3v) is 3.35. The summed E-state index contributed by atoms with van der Waals surface area (Å²) in [5, 5.41) is 14.0. The third kappa shape index (κ3) is 5.71. The van der Waals surface area contributed by atoms with Crippen LogP contribution in [-0.2, 0) is 15.8 Å². The van der Waals surface area contributed by atoms with Crippen molar-refractivity contribution in [3.63, 3.8) is 0 Å². The van der Waals surface area contributed by atoms with Crippen LogP contribution in [0.3, 0.4) is 0 Å². The highest BCUT2D eigenvalue weighted by molar-refractivity contribution is 6.09. The molecule has 0 saturated heterocycles. The van der Waals surface area contributed by atoms with Gasteiger partial charge in [-0.05, 0) is 42.0 Å². The summed E-state index contributed by atoms with van der Waals surface area (Å²) in [5.41, 5.74) is -0.195. The number of nitrogens with zero attached hydrogens (tertiary/aromatic N) is 1. The number of amides is 2. The van der Waals surface area contributed by atoms with E-state index in [0.29, 0.717) is 11.3 Å². The molecule has 0 aliphatic carbocycles. The molecule has 0 saturated carbocycles. The Morgan fingerprint density at radius 3 is 2.26 bits per heavy atom. The SMILES string of the molecule is CC(=O)Nc1ccc(/C=C(\C#N)C(=O)Nc2cccc(C(F)(F)F)c2)cc1. The molecule has 0 aliphatic heterocycles. The second-order valence-electron chi connectivity index (χ2n) is 5.51. The molecular formula is C19H14F3N3O2. The average Bonchev–Trinajstić information content (AvgIpc) is 2.60. The van der Waals surface area contributed by atoms with E-state index in [0.717, 1.165) is 18.2 Å². The van der Waals surface area contributed by atoms with Crippen LogP contribution in [0.15, 0.2) is 54.1 Å². The zero-order chi connectivity index (χ0) is 20.0. The summed E-state index contributed by atoms with van der Waals surface area (Å²) in [6, 6.07) is 12.2. The Balaban J connectivity index is 2.17. The Morgan fingerprint density at radius 2 is 1.70 bits per heavy atom. The molecule has 0 atom stereocenters. The lowest BCUT2D eigenvalue weighted by molar-refractivity contribution is -0.137. The van der Waals surface area contributed by atoms with E-state index >= 15 is 0 Å². The van der Waals surface area contributed by atoms with Crippen LogP contribution in [0.2, 0.25) is 0 Å². The lowest BCUT2D eigenvalue weighted by Crippen LogP contribution is -2.14. The van der Waals surface area contributed by atoms with E-state index in [9.17, 15) is 28.0 Å². The quantitative estimate of drug-likeness (QED) is 0.622. The topological polar surface area (TPSA) is 82.0 Å². The van der Waals surface area contributed by atoms with Crippen LogP contribution in [0.4, 0.5) is 24.5 Å². The van der Waals surface area contributed by atoms with Gasteiger partial charge in [-0.25, -0.2) is 0 Å². The van der Waals surface area contributed by atoms with Crippen LogP contribution in [-0.4, -0.2) is 11.8 Å². The van der Waals surface area contributed by atoms with E-state index in [1.54, 1.807) is 30.3 Å². The molecule has 0 bridgehead atoms. The van der Waals surface area contributed by atoms with Gasteiger partial charge in [0.2, 0.25) is 5.91 Å². The first-order valence-corrected chi connectivity index (χ1v) is 7.67. The first kappa shape index (κ1) is 19.7. The smallest absolute Gasteiger partial charge is 0.326 e. The van der Waals surface area contributed by atoms with Crippen molar-refractivity contribution in [2.75, 3.05) is 10.6 Å². The minimum Gasteiger partial charge on any atom is -0.326 e. The van der Waals surface area contributed by atoms with Crippen molar-refractivity contribution in [2.24, 2.45) is 0 Å². The fraction of sp³-hybridized carbons (Fsp3) is 0.105. The number of carbonyl (C=O) groups is 2. The minimum atomic E-state index is -4.54. The van der Waals surface area contributed by atoms with Crippen LogP contribution in [0.1, 0.15) is 18.1 Å². The summed E-state index contributed by atoms with van der Waals surface area (Å²) >= 11 is 0.